The van der Waals surface area contributed by atoms with E-state index in [2.05, 4.69) is 11.8 Å². The Hall–Kier alpha value is -0.650. The number of carbonyl (C=O) groups excluding carboxylic acids is 1. The highest BCUT2D eigenvalue weighted by atomic mass is 16.5. The van der Waals surface area contributed by atoms with Crippen LogP contribution in [0.1, 0.15) is 33.1 Å². The third-order valence-corrected chi connectivity index (χ3v) is 3.79. The van der Waals surface area contributed by atoms with Gasteiger partial charge in [0.2, 0.25) is 5.91 Å². The Morgan fingerprint density at radius 3 is 2.58 bits per heavy atom. The SMILES string of the molecule is CCOCCN(CC)C(CN)CC(=O)N1CCCC1. The minimum Gasteiger partial charge on any atom is -0.380 e. The topological polar surface area (TPSA) is 58.8 Å². The van der Waals surface area contributed by atoms with Crippen LogP contribution in [-0.4, -0.2) is 67.7 Å². The normalized spacial score (nSPS) is 17.2. The molecule has 0 radical (unpaired) electrons. The summed E-state index contributed by atoms with van der Waals surface area (Å²) in [5.74, 6) is 0.253. The van der Waals surface area contributed by atoms with Crippen LogP contribution >= 0.6 is 0 Å². The van der Waals surface area contributed by atoms with E-state index in [1.165, 1.54) is 0 Å². The number of carbonyl (C=O) groups is 1. The fourth-order valence-corrected chi connectivity index (χ4v) is 2.58. The van der Waals surface area contributed by atoms with Gasteiger partial charge in [-0.3, -0.25) is 9.69 Å². The molecule has 2 N–H and O–H groups in total. The lowest BCUT2D eigenvalue weighted by Crippen LogP contribution is -2.45. The molecule has 19 heavy (non-hydrogen) atoms. The van der Waals surface area contributed by atoms with E-state index < -0.39 is 0 Å². The molecule has 5 nitrogen and oxygen atoms in total. The Balaban J connectivity index is 2.42. The third kappa shape index (κ3) is 5.47. The number of likely N-dealkylation sites (N-methyl/N-ethyl adjacent to an activating group) is 1. The van der Waals surface area contributed by atoms with Gasteiger partial charge >= 0.3 is 0 Å². The molecule has 112 valence electrons. The predicted octanol–water partition coefficient (Wildman–Crippen LogP) is 0.685. The lowest BCUT2D eigenvalue weighted by atomic mass is 10.1. The Morgan fingerprint density at radius 1 is 1.37 bits per heavy atom. The highest BCUT2D eigenvalue weighted by Gasteiger charge is 2.24. The maximum absolute atomic E-state index is 12.2. The van der Waals surface area contributed by atoms with E-state index in [-0.39, 0.29) is 11.9 Å². The van der Waals surface area contributed by atoms with Gasteiger partial charge in [0.15, 0.2) is 0 Å². The van der Waals surface area contributed by atoms with Crippen LogP contribution in [-0.2, 0) is 9.53 Å². The molecule has 0 aromatic heterocycles. The number of ether oxygens (including phenoxy) is 1. The summed E-state index contributed by atoms with van der Waals surface area (Å²) in [6, 6.07) is 0.138. The van der Waals surface area contributed by atoms with E-state index in [1.807, 2.05) is 11.8 Å². The van der Waals surface area contributed by atoms with Gasteiger partial charge in [0, 0.05) is 45.2 Å². The monoisotopic (exact) mass is 271 g/mol. The molecule has 1 saturated heterocycles. The third-order valence-electron chi connectivity index (χ3n) is 3.79. The highest BCUT2D eigenvalue weighted by molar-refractivity contribution is 5.77. The zero-order chi connectivity index (χ0) is 14.1. The molecular weight excluding hydrogens is 242 g/mol. The van der Waals surface area contributed by atoms with Gasteiger partial charge in [-0.1, -0.05) is 6.92 Å². The largest absolute Gasteiger partial charge is 0.380 e. The average molecular weight is 271 g/mol. The van der Waals surface area contributed by atoms with Crippen LogP contribution in [0, 0.1) is 0 Å². The molecule has 1 rings (SSSR count). The van der Waals surface area contributed by atoms with E-state index >= 15 is 0 Å². The number of nitrogens with two attached hydrogens (primary N) is 1. The Bertz CT molecular complexity index is 255. The van der Waals surface area contributed by atoms with Gasteiger partial charge in [0.05, 0.1) is 6.61 Å². The van der Waals surface area contributed by atoms with Gasteiger partial charge in [-0.25, -0.2) is 0 Å². The maximum Gasteiger partial charge on any atom is 0.224 e. The van der Waals surface area contributed by atoms with E-state index in [1.54, 1.807) is 0 Å². The Labute approximate surface area is 117 Å². The molecule has 0 aliphatic carbocycles. The highest BCUT2D eigenvalue weighted by Crippen LogP contribution is 2.12. The van der Waals surface area contributed by atoms with Crippen molar-refractivity contribution in [2.75, 3.05) is 45.9 Å². The molecule has 0 saturated carbocycles. The predicted molar refractivity (Wildman–Crippen MR) is 77.0 cm³/mol. The van der Waals surface area contributed by atoms with E-state index in [0.717, 1.165) is 45.6 Å². The molecule has 1 heterocycles. The minimum absolute atomic E-state index is 0.138. The van der Waals surface area contributed by atoms with Crippen molar-refractivity contribution >= 4 is 5.91 Å². The molecule has 1 aliphatic heterocycles. The number of hydrogen-bond acceptors (Lipinski definition) is 4. The lowest BCUT2D eigenvalue weighted by molar-refractivity contribution is -0.131. The summed E-state index contributed by atoms with van der Waals surface area (Å²) in [5, 5.41) is 0. The number of likely N-dealkylation sites (tertiary alicyclic amines) is 1. The van der Waals surface area contributed by atoms with Crippen LogP contribution in [0.15, 0.2) is 0 Å². The average Bonchev–Trinajstić information content (AvgIpc) is 2.95. The molecule has 1 amide bonds. The van der Waals surface area contributed by atoms with Crippen molar-refractivity contribution in [3.63, 3.8) is 0 Å². The van der Waals surface area contributed by atoms with Gasteiger partial charge in [0.25, 0.3) is 0 Å². The van der Waals surface area contributed by atoms with Crippen LogP contribution in [0.4, 0.5) is 0 Å². The summed E-state index contributed by atoms with van der Waals surface area (Å²) in [5.41, 5.74) is 5.85. The molecule has 0 bridgehead atoms. The number of nitrogens with zero attached hydrogens (tertiary/aromatic N) is 2. The van der Waals surface area contributed by atoms with Gasteiger partial charge in [0.1, 0.15) is 0 Å². The molecule has 1 unspecified atom stereocenters. The first-order valence-corrected chi connectivity index (χ1v) is 7.52. The Morgan fingerprint density at radius 2 is 2.05 bits per heavy atom. The summed E-state index contributed by atoms with van der Waals surface area (Å²) in [7, 11) is 0. The van der Waals surface area contributed by atoms with E-state index in [9.17, 15) is 4.79 Å². The molecule has 0 aromatic rings. The van der Waals surface area contributed by atoms with Crippen molar-refractivity contribution in [2.45, 2.75) is 39.2 Å². The summed E-state index contributed by atoms with van der Waals surface area (Å²) < 4.78 is 5.39. The lowest BCUT2D eigenvalue weighted by Gasteiger charge is -2.30. The standard InChI is InChI=1S/C14H29N3O2/c1-3-16(9-10-19-4-2)13(12-15)11-14(18)17-7-5-6-8-17/h13H,3-12,15H2,1-2H3. The zero-order valence-electron chi connectivity index (χ0n) is 12.4. The number of hydrogen-bond donors (Lipinski definition) is 1. The second-order valence-corrected chi connectivity index (χ2v) is 5.01. The summed E-state index contributed by atoms with van der Waals surface area (Å²) in [6.07, 6.45) is 2.82. The van der Waals surface area contributed by atoms with Crippen LogP contribution in [0.5, 0.6) is 0 Å². The van der Waals surface area contributed by atoms with Crippen LogP contribution in [0.3, 0.4) is 0 Å². The molecule has 0 aromatic carbocycles. The fraction of sp³-hybridized carbons (Fsp3) is 0.929. The van der Waals surface area contributed by atoms with Crippen molar-refractivity contribution in [1.29, 1.82) is 0 Å². The first kappa shape index (κ1) is 16.4. The van der Waals surface area contributed by atoms with Crippen molar-refractivity contribution in [2.24, 2.45) is 5.73 Å². The fourth-order valence-electron chi connectivity index (χ4n) is 2.58. The number of rotatable bonds is 9. The van der Waals surface area contributed by atoms with Gasteiger partial charge in [-0.15, -0.1) is 0 Å². The second kappa shape index (κ2) is 9.28. The molecular formula is C14H29N3O2. The number of amides is 1. The first-order chi connectivity index (χ1) is 9.22. The molecule has 1 atom stereocenters. The first-order valence-electron chi connectivity index (χ1n) is 7.52. The quantitative estimate of drug-likeness (QED) is 0.627. The molecule has 5 heteroatoms. The van der Waals surface area contributed by atoms with Gasteiger partial charge in [-0.2, -0.15) is 0 Å². The maximum atomic E-state index is 12.2. The molecule has 1 fully saturated rings. The van der Waals surface area contributed by atoms with E-state index in [4.69, 9.17) is 10.5 Å². The smallest absolute Gasteiger partial charge is 0.224 e. The minimum atomic E-state index is 0.138. The van der Waals surface area contributed by atoms with Crippen LogP contribution in [0.25, 0.3) is 0 Å². The summed E-state index contributed by atoms with van der Waals surface area (Å²) in [6.45, 7) is 9.66. The van der Waals surface area contributed by atoms with Gasteiger partial charge < -0.3 is 15.4 Å². The van der Waals surface area contributed by atoms with E-state index in [0.29, 0.717) is 19.6 Å². The van der Waals surface area contributed by atoms with Crippen molar-refractivity contribution in [3.05, 3.63) is 0 Å². The zero-order valence-corrected chi connectivity index (χ0v) is 12.4. The van der Waals surface area contributed by atoms with Crippen molar-refractivity contribution in [1.82, 2.24) is 9.80 Å². The molecule has 1 aliphatic rings. The second-order valence-electron chi connectivity index (χ2n) is 5.01. The Kier molecular flexibility index (Phi) is 8.02. The van der Waals surface area contributed by atoms with Crippen molar-refractivity contribution in [3.8, 4) is 0 Å². The summed E-state index contributed by atoms with van der Waals surface area (Å²) >= 11 is 0. The van der Waals surface area contributed by atoms with Crippen molar-refractivity contribution < 1.29 is 9.53 Å². The summed E-state index contributed by atoms with van der Waals surface area (Å²) in [4.78, 5) is 16.4. The van der Waals surface area contributed by atoms with Gasteiger partial charge in [-0.05, 0) is 26.3 Å². The molecule has 0 spiro atoms. The van der Waals surface area contributed by atoms with Crippen LogP contribution < -0.4 is 5.73 Å². The van der Waals surface area contributed by atoms with Crippen LogP contribution in [0.2, 0.25) is 0 Å².